The summed E-state index contributed by atoms with van der Waals surface area (Å²) in [5, 5.41) is 0. The Morgan fingerprint density at radius 3 is 2.67 bits per heavy atom. The predicted octanol–water partition coefficient (Wildman–Crippen LogP) is 2.04. The molecule has 0 atom stereocenters. The summed E-state index contributed by atoms with van der Waals surface area (Å²) in [6, 6.07) is 3.44. The van der Waals surface area contributed by atoms with Crippen LogP contribution >= 0.6 is 0 Å². The van der Waals surface area contributed by atoms with Crippen molar-refractivity contribution >= 4 is 15.7 Å². The Hall–Kier alpha value is -1.18. The number of nitrogens with one attached hydrogen (secondary N) is 1. The van der Waals surface area contributed by atoms with Crippen LogP contribution in [0.1, 0.15) is 32.1 Å². The van der Waals surface area contributed by atoms with E-state index in [1.165, 1.54) is 31.4 Å². The van der Waals surface area contributed by atoms with Gasteiger partial charge in [0.25, 0.3) is 0 Å². The summed E-state index contributed by atoms with van der Waals surface area (Å²) < 4.78 is 45.3. The van der Waals surface area contributed by atoms with Gasteiger partial charge in [0.2, 0.25) is 10.0 Å². The van der Waals surface area contributed by atoms with Gasteiger partial charge in [-0.1, -0.05) is 19.3 Å². The van der Waals surface area contributed by atoms with Crippen molar-refractivity contribution in [2.24, 2.45) is 0 Å². The number of nitrogen functional groups attached to an aromatic ring is 1. The maximum atomic E-state index is 13.3. The average molecular weight is 316 g/mol. The van der Waals surface area contributed by atoms with Crippen molar-refractivity contribution in [3.8, 4) is 0 Å². The highest BCUT2D eigenvalue weighted by molar-refractivity contribution is 7.89. The molecule has 3 N–H and O–H groups in total. The number of sulfonamides is 1. The summed E-state index contributed by atoms with van der Waals surface area (Å²) in [5.74, 6) is -0.740. The van der Waals surface area contributed by atoms with Crippen molar-refractivity contribution in [1.29, 1.82) is 0 Å². The van der Waals surface area contributed by atoms with Gasteiger partial charge in [0.05, 0.1) is 23.3 Å². The fraction of sp³-hybridized carbons (Fsp3) is 0.571. The van der Waals surface area contributed by atoms with E-state index < -0.39 is 15.8 Å². The number of rotatable bonds is 6. The van der Waals surface area contributed by atoms with E-state index >= 15 is 0 Å². The lowest BCUT2D eigenvalue weighted by Crippen LogP contribution is -2.29. The third-order valence-electron chi connectivity index (χ3n) is 3.58. The van der Waals surface area contributed by atoms with E-state index in [0.29, 0.717) is 6.61 Å². The summed E-state index contributed by atoms with van der Waals surface area (Å²) >= 11 is 0. The predicted molar refractivity (Wildman–Crippen MR) is 78.8 cm³/mol. The molecule has 7 heteroatoms. The van der Waals surface area contributed by atoms with Gasteiger partial charge in [-0.15, -0.1) is 0 Å². The zero-order valence-electron chi connectivity index (χ0n) is 11.8. The Balaban J connectivity index is 1.82. The molecule has 0 amide bonds. The molecule has 0 aliphatic heterocycles. The van der Waals surface area contributed by atoms with Gasteiger partial charge in [0, 0.05) is 6.54 Å². The van der Waals surface area contributed by atoms with Crippen LogP contribution in [0.2, 0.25) is 0 Å². The van der Waals surface area contributed by atoms with Gasteiger partial charge in [-0.2, -0.15) is 0 Å². The third kappa shape index (κ3) is 4.66. The SMILES string of the molecule is Nc1ccc(S(=O)(=O)NCCOC2CCCCC2)cc1F. The van der Waals surface area contributed by atoms with Crippen LogP contribution in [-0.4, -0.2) is 27.7 Å². The van der Waals surface area contributed by atoms with Gasteiger partial charge in [-0.3, -0.25) is 0 Å². The third-order valence-corrected chi connectivity index (χ3v) is 5.04. The molecule has 1 fully saturated rings. The molecule has 0 bridgehead atoms. The molecule has 0 unspecified atom stereocenters. The largest absolute Gasteiger partial charge is 0.396 e. The Kier molecular flexibility index (Phi) is 5.55. The Bertz CT molecular complexity index is 572. The fourth-order valence-electron chi connectivity index (χ4n) is 2.39. The van der Waals surface area contributed by atoms with Crippen molar-refractivity contribution in [2.75, 3.05) is 18.9 Å². The van der Waals surface area contributed by atoms with E-state index in [1.807, 2.05) is 0 Å². The first-order chi connectivity index (χ1) is 9.99. The Morgan fingerprint density at radius 2 is 2.00 bits per heavy atom. The zero-order chi connectivity index (χ0) is 15.3. The van der Waals surface area contributed by atoms with Crippen LogP contribution in [0.25, 0.3) is 0 Å². The summed E-state index contributed by atoms with van der Waals surface area (Å²) in [6.45, 7) is 0.492. The molecule has 21 heavy (non-hydrogen) atoms. The van der Waals surface area contributed by atoms with Gasteiger partial charge in [-0.05, 0) is 31.0 Å². The van der Waals surface area contributed by atoms with Crippen LogP contribution in [0, 0.1) is 5.82 Å². The number of ether oxygens (including phenoxy) is 1. The van der Waals surface area contributed by atoms with Gasteiger partial charge in [0.15, 0.2) is 0 Å². The van der Waals surface area contributed by atoms with E-state index in [9.17, 15) is 12.8 Å². The molecular weight excluding hydrogens is 295 g/mol. The summed E-state index contributed by atoms with van der Waals surface area (Å²) in [4.78, 5) is -0.133. The second-order valence-corrected chi connectivity index (χ2v) is 6.98. The van der Waals surface area contributed by atoms with E-state index in [-0.39, 0.29) is 23.2 Å². The van der Waals surface area contributed by atoms with E-state index in [4.69, 9.17) is 10.5 Å². The quantitative estimate of drug-likeness (QED) is 0.621. The molecule has 2 rings (SSSR count). The second kappa shape index (κ2) is 7.20. The number of hydrogen-bond acceptors (Lipinski definition) is 4. The standard InChI is InChI=1S/C14H21FN2O3S/c15-13-10-12(6-7-14(13)16)21(18,19)17-8-9-20-11-4-2-1-3-5-11/h6-7,10-11,17H,1-5,8-9,16H2. The smallest absolute Gasteiger partial charge is 0.240 e. The molecule has 0 heterocycles. The zero-order valence-corrected chi connectivity index (χ0v) is 12.7. The van der Waals surface area contributed by atoms with Crippen molar-refractivity contribution in [1.82, 2.24) is 4.72 Å². The normalized spacial score (nSPS) is 17.0. The van der Waals surface area contributed by atoms with Gasteiger partial charge < -0.3 is 10.5 Å². The molecule has 1 aromatic rings. The number of anilines is 1. The van der Waals surface area contributed by atoms with Gasteiger partial charge in [-0.25, -0.2) is 17.5 Å². The maximum absolute atomic E-state index is 13.3. The minimum Gasteiger partial charge on any atom is -0.396 e. The van der Waals surface area contributed by atoms with Crippen LogP contribution in [0.5, 0.6) is 0 Å². The van der Waals surface area contributed by atoms with Crippen molar-refractivity contribution in [2.45, 2.75) is 43.1 Å². The summed E-state index contributed by atoms with van der Waals surface area (Å²) in [7, 11) is -3.73. The lowest BCUT2D eigenvalue weighted by molar-refractivity contribution is 0.0321. The lowest BCUT2D eigenvalue weighted by atomic mass is 9.98. The molecule has 1 aliphatic carbocycles. The molecule has 1 aliphatic rings. The van der Waals surface area contributed by atoms with Crippen LogP contribution in [0.15, 0.2) is 23.1 Å². The lowest BCUT2D eigenvalue weighted by Gasteiger charge is -2.22. The van der Waals surface area contributed by atoms with Crippen LogP contribution in [0.4, 0.5) is 10.1 Å². The fourth-order valence-corrected chi connectivity index (χ4v) is 3.42. The Labute approximate surface area is 124 Å². The monoisotopic (exact) mass is 316 g/mol. The molecule has 0 aromatic heterocycles. The average Bonchev–Trinajstić information content (AvgIpc) is 2.47. The van der Waals surface area contributed by atoms with Crippen molar-refractivity contribution in [3.63, 3.8) is 0 Å². The first-order valence-corrected chi connectivity index (χ1v) is 8.63. The second-order valence-electron chi connectivity index (χ2n) is 5.21. The molecule has 0 saturated heterocycles. The van der Waals surface area contributed by atoms with E-state index in [0.717, 1.165) is 18.9 Å². The number of benzene rings is 1. The van der Waals surface area contributed by atoms with Crippen molar-refractivity contribution < 1.29 is 17.5 Å². The minimum absolute atomic E-state index is 0.0745. The van der Waals surface area contributed by atoms with E-state index in [1.54, 1.807) is 0 Å². The highest BCUT2D eigenvalue weighted by Gasteiger charge is 2.17. The first-order valence-electron chi connectivity index (χ1n) is 7.15. The molecule has 0 radical (unpaired) electrons. The summed E-state index contributed by atoms with van der Waals surface area (Å²) in [6.07, 6.45) is 5.89. The molecule has 118 valence electrons. The highest BCUT2D eigenvalue weighted by Crippen LogP contribution is 2.20. The molecular formula is C14H21FN2O3S. The molecule has 0 spiro atoms. The number of nitrogens with two attached hydrogens (primary N) is 1. The number of halogens is 1. The van der Waals surface area contributed by atoms with E-state index in [2.05, 4.69) is 4.72 Å². The topological polar surface area (TPSA) is 81.4 Å². The summed E-state index contributed by atoms with van der Waals surface area (Å²) in [5.41, 5.74) is 5.25. The maximum Gasteiger partial charge on any atom is 0.240 e. The highest BCUT2D eigenvalue weighted by atomic mass is 32.2. The van der Waals surface area contributed by atoms with Gasteiger partial charge in [0.1, 0.15) is 5.82 Å². The van der Waals surface area contributed by atoms with Crippen LogP contribution in [-0.2, 0) is 14.8 Å². The van der Waals surface area contributed by atoms with Crippen molar-refractivity contribution in [3.05, 3.63) is 24.0 Å². The first kappa shape index (κ1) is 16.2. The van der Waals surface area contributed by atoms with Gasteiger partial charge >= 0.3 is 0 Å². The van der Waals surface area contributed by atoms with Crippen LogP contribution in [0.3, 0.4) is 0 Å². The molecule has 1 aromatic carbocycles. The molecule has 5 nitrogen and oxygen atoms in total. The molecule has 1 saturated carbocycles. The Morgan fingerprint density at radius 1 is 1.29 bits per heavy atom. The number of hydrogen-bond donors (Lipinski definition) is 2. The van der Waals surface area contributed by atoms with Crippen LogP contribution < -0.4 is 10.5 Å². The minimum atomic E-state index is -3.73.